The molecular weight excluding hydrogens is 156 g/mol. The number of carbonyl (C=O) groups is 1. The van der Waals surface area contributed by atoms with Crippen LogP contribution in [-0.2, 0) is 0 Å². The lowest BCUT2D eigenvalue weighted by molar-refractivity contribution is -0.755. The molecule has 0 fully saturated rings. The SMILES string of the molecule is CC(O)[n+]1cccc(C(N)=O)c1. The highest BCUT2D eigenvalue weighted by Gasteiger charge is 2.10. The molecule has 12 heavy (non-hydrogen) atoms. The highest BCUT2D eigenvalue weighted by Crippen LogP contribution is 1.94. The normalized spacial score (nSPS) is 12.5. The largest absolute Gasteiger partial charge is 0.365 e. The number of nitrogens with two attached hydrogens (primary N) is 1. The molecule has 0 saturated carbocycles. The van der Waals surface area contributed by atoms with Crippen LogP contribution in [0, 0.1) is 0 Å². The van der Waals surface area contributed by atoms with Crippen molar-refractivity contribution >= 4 is 5.91 Å². The van der Waals surface area contributed by atoms with Crippen molar-refractivity contribution in [2.24, 2.45) is 5.73 Å². The third-order valence-electron chi connectivity index (χ3n) is 1.54. The molecule has 4 heteroatoms. The first-order valence-electron chi connectivity index (χ1n) is 3.60. The van der Waals surface area contributed by atoms with E-state index in [0.29, 0.717) is 5.56 Å². The Kier molecular flexibility index (Phi) is 2.40. The summed E-state index contributed by atoms with van der Waals surface area (Å²) >= 11 is 0. The van der Waals surface area contributed by atoms with Crippen molar-refractivity contribution in [2.75, 3.05) is 0 Å². The Balaban J connectivity index is 3.04. The van der Waals surface area contributed by atoms with Gasteiger partial charge in [-0.15, -0.1) is 0 Å². The highest BCUT2D eigenvalue weighted by molar-refractivity contribution is 5.92. The van der Waals surface area contributed by atoms with Crippen LogP contribution in [0.4, 0.5) is 0 Å². The number of carbonyl (C=O) groups excluding carboxylic acids is 1. The van der Waals surface area contributed by atoms with E-state index in [-0.39, 0.29) is 0 Å². The van der Waals surface area contributed by atoms with E-state index >= 15 is 0 Å². The summed E-state index contributed by atoms with van der Waals surface area (Å²) < 4.78 is 1.50. The molecule has 1 atom stereocenters. The summed E-state index contributed by atoms with van der Waals surface area (Å²) in [4.78, 5) is 10.7. The lowest BCUT2D eigenvalue weighted by Gasteiger charge is -1.99. The number of rotatable bonds is 2. The summed E-state index contributed by atoms with van der Waals surface area (Å²) in [6, 6.07) is 3.26. The molecule has 0 aromatic carbocycles. The molecule has 0 spiro atoms. The minimum Gasteiger partial charge on any atom is -0.365 e. The smallest absolute Gasteiger partial charge is 0.257 e. The Morgan fingerprint density at radius 3 is 2.92 bits per heavy atom. The molecule has 0 radical (unpaired) electrons. The number of aliphatic hydroxyl groups is 1. The van der Waals surface area contributed by atoms with Gasteiger partial charge in [-0.1, -0.05) is 0 Å². The Hall–Kier alpha value is -1.42. The Labute approximate surface area is 70.3 Å². The standard InChI is InChI=1S/C8H10N2O2/c1-6(11)10-4-2-3-7(5-10)8(9)12/h2-6,11H,1H3,(H-,9,12)/p+1. The van der Waals surface area contributed by atoms with Gasteiger partial charge in [-0.05, 0) is 6.07 Å². The van der Waals surface area contributed by atoms with Gasteiger partial charge in [-0.25, -0.2) is 0 Å². The van der Waals surface area contributed by atoms with Gasteiger partial charge in [0.25, 0.3) is 12.1 Å². The minimum atomic E-state index is -0.649. The van der Waals surface area contributed by atoms with Crippen molar-refractivity contribution < 1.29 is 14.5 Å². The quantitative estimate of drug-likeness (QED) is 0.588. The first-order valence-corrected chi connectivity index (χ1v) is 3.60. The second kappa shape index (κ2) is 3.32. The van der Waals surface area contributed by atoms with Crippen LogP contribution in [0.1, 0.15) is 23.5 Å². The fourth-order valence-electron chi connectivity index (χ4n) is 0.871. The molecule has 64 valence electrons. The third-order valence-corrected chi connectivity index (χ3v) is 1.54. The van der Waals surface area contributed by atoms with Crippen LogP contribution < -0.4 is 10.3 Å². The zero-order valence-electron chi connectivity index (χ0n) is 6.77. The monoisotopic (exact) mass is 167 g/mol. The Morgan fingerprint density at radius 2 is 2.42 bits per heavy atom. The van der Waals surface area contributed by atoms with Crippen LogP contribution in [0.5, 0.6) is 0 Å². The zero-order valence-corrected chi connectivity index (χ0v) is 6.77. The number of hydrogen-bond donors (Lipinski definition) is 2. The maximum absolute atomic E-state index is 10.7. The van der Waals surface area contributed by atoms with E-state index in [1.54, 1.807) is 25.3 Å². The van der Waals surface area contributed by atoms with Crippen LogP contribution in [0.3, 0.4) is 0 Å². The number of pyridine rings is 1. The summed E-state index contributed by atoms with van der Waals surface area (Å²) in [5, 5.41) is 9.14. The number of nitrogens with zero attached hydrogens (tertiary/aromatic N) is 1. The topological polar surface area (TPSA) is 67.2 Å². The molecule has 1 aromatic heterocycles. The molecule has 0 aliphatic carbocycles. The van der Waals surface area contributed by atoms with E-state index in [2.05, 4.69) is 0 Å². The molecule has 1 amide bonds. The number of hydrogen-bond acceptors (Lipinski definition) is 2. The van der Waals surface area contributed by atoms with E-state index in [9.17, 15) is 4.79 Å². The average molecular weight is 167 g/mol. The Morgan fingerprint density at radius 1 is 1.75 bits per heavy atom. The van der Waals surface area contributed by atoms with Crippen molar-refractivity contribution in [1.29, 1.82) is 0 Å². The summed E-state index contributed by atoms with van der Waals surface area (Å²) in [6.07, 6.45) is 2.52. The summed E-state index contributed by atoms with van der Waals surface area (Å²) in [5.41, 5.74) is 5.44. The molecule has 4 nitrogen and oxygen atoms in total. The average Bonchev–Trinajstić information content (AvgIpc) is 2.04. The van der Waals surface area contributed by atoms with E-state index in [1.807, 2.05) is 0 Å². The number of aromatic nitrogens is 1. The first kappa shape index (κ1) is 8.67. The van der Waals surface area contributed by atoms with Crippen molar-refractivity contribution in [3.05, 3.63) is 30.1 Å². The van der Waals surface area contributed by atoms with E-state index in [1.165, 1.54) is 10.8 Å². The first-order chi connectivity index (χ1) is 5.61. The van der Waals surface area contributed by atoms with E-state index in [4.69, 9.17) is 10.8 Å². The second-order valence-corrected chi connectivity index (χ2v) is 2.54. The van der Waals surface area contributed by atoms with Gasteiger partial charge in [-0.2, -0.15) is 4.57 Å². The summed E-state index contributed by atoms with van der Waals surface area (Å²) in [5.74, 6) is -0.495. The van der Waals surface area contributed by atoms with Crippen molar-refractivity contribution in [1.82, 2.24) is 0 Å². The van der Waals surface area contributed by atoms with Gasteiger partial charge in [-0.3, -0.25) is 4.79 Å². The van der Waals surface area contributed by atoms with Gasteiger partial charge in [0.2, 0.25) is 0 Å². The molecule has 0 bridgehead atoms. The second-order valence-electron chi connectivity index (χ2n) is 2.54. The lowest BCUT2D eigenvalue weighted by atomic mass is 10.3. The molecule has 1 aromatic rings. The maximum atomic E-state index is 10.7. The van der Waals surface area contributed by atoms with Gasteiger partial charge < -0.3 is 10.8 Å². The molecule has 1 heterocycles. The number of primary amides is 1. The molecule has 1 rings (SSSR count). The fourth-order valence-corrected chi connectivity index (χ4v) is 0.871. The zero-order chi connectivity index (χ0) is 9.14. The molecule has 0 saturated heterocycles. The van der Waals surface area contributed by atoms with Gasteiger partial charge in [0.1, 0.15) is 5.56 Å². The third kappa shape index (κ3) is 1.79. The van der Waals surface area contributed by atoms with Crippen LogP contribution in [0.2, 0.25) is 0 Å². The molecular formula is C8H11N2O2+. The van der Waals surface area contributed by atoms with Crippen LogP contribution in [0.15, 0.2) is 24.5 Å². The summed E-state index contributed by atoms with van der Waals surface area (Å²) in [6.45, 7) is 1.60. The Bertz CT molecular complexity index is 297. The van der Waals surface area contributed by atoms with E-state index < -0.39 is 12.1 Å². The fraction of sp³-hybridized carbons (Fsp3) is 0.250. The molecule has 1 unspecified atom stereocenters. The summed E-state index contributed by atoms with van der Waals surface area (Å²) in [7, 11) is 0. The van der Waals surface area contributed by atoms with Gasteiger partial charge in [0.15, 0.2) is 12.4 Å². The van der Waals surface area contributed by atoms with E-state index in [0.717, 1.165) is 0 Å². The van der Waals surface area contributed by atoms with Crippen LogP contribution >= 0.6 is 0 Å². The van der Waals surface area contributed by atoms with Crippen molar-refractivity contribution in [2.45, 2.75) is 13.2 Å². The minimum absolute atomic E-state index is 0.387. The lowest BCUT2D eigenvalue weighted by Crippen LogP contribution is -2.38. The predicted molar refractivity (Wildman–Crippen MR) is 42.1 cm³/mol. The predicted octanol–water partition coefficient (Wildman–Crippen LogP) is -0.416. The maximum Gasteiger partial charge on any atom is 0.257 e. The van der Waals surface area contributed by atoms with Crippen molar-refractivity contribution in [3.63, 3.8) is 0 Å². The molecule has 3 N–H and O–H groups in total. The molecule has 0 aliphatic heterocycles. The molecule has 0 aliphatic rings. The number of amides is 1. The number of aliphatic hydroxyl groups excluding tert-OH is 1. The van der Waals surface area contributed by atoms with Crippen LogP contribution in [-0.4, -0.2) is 11.0 Å². The van der Waals surface area contributed by atoms with Gasteiger partial charge >= 0.3 is 0 Å². The van der Waals surface area contributed by atoms with Gasteiger partial charge in [0.05, 0.1) is 0 Å². The highest BCUT2D eigenvalue weighted by atomic mass is 16.3. The van der Waals surface area contributed by atoms with Crippen molar-refractivity contribution in [3.8, 4) is 0 Å². The van der Waals surface area contributed by atoms with Gasteiger partial charge in [0, 0.05) is 13.0 Å². The van der Waals surface area contributed by atoms with Crippen LogP contribution in [0.25, 0.3) is 0 Å².